The van der Waals surface area contributed by atoms with Crippen LogP contribution in [0, 0.1) is 0 Å². The summed E-state index contributed by atoms with van der Waals surface area (Å²) in [7, 11) is 0. The highest BCUT2D eigenvalue weighted by molar-refractivity contribution is 5.35. The number of aromatic nitrogens is 4. The third-order valence-corrected chi connectivity index (χ3v) is 3.84. The van der Waals surface area contributed by atoms with Crippen LogP contribution in [-0.4, -0.2) is 50.4 Å². The average Bonchev–Trinajstić information content (AvgIpc) is 2.93. The van der Waals surface area contributed by atoms with Gasteiger partial charge in [-0.05, 0) is 48.5 Å². The molecule has 0 aliphatic carbocycles. The highest BCUT2D eigenvalue weighted by Crippen LogP contribution is 2.29. The first-order chi connectivity index (χ1) is 11.2. The van der Waals surface area contributed by atoms with Gasteiger partial charge in [-0.15, -0.1) is 5.10 Å². The van der Waals surface area contributed by atoms with Gasteiger partial charge in [0, 0.05) is 13.1 Å². The van der Waals surface area contributed by atoms with Gasteiger partial charge in [0.2, 0.25) is 0 Å². The average molecular weight is 341 g/mol. The lowest BCUT2D eigenvalue weighted by atomic mass is 10.1. The zero-order valence-corrected chi connectivity index (χ0v) is 13.4. The van der Waals surface area contributed by atoms with Crippen LogP contribution in [0.25, 0.3) is 5.69 Å². The Kier molecular flexibility index (Phi) is 4.31. The summed E-state index contributed by atoms with van der Waals surface area (Å²) in [5.74, 6) is 0.576. The van der Waals surface area contributed by atoms with Gasteiger partial charge in [-0.1, -0.05) is 0 Å². The van der Waals surface area contributed by atoms with Crippen LogP contribution in [0.15, 0.2) is 24.3 Å². The highest BCUT2D eigenvalue weighted by atomic mass is 19.4. The first-order valence-electron chi connectivity index (χ1n) is 7.56. The Morgan fingerprint density at radius 1 is 1.21 bits per heavy atom. The van der Waals surface area contributed by atoms with E-state index in [1.165, 1.54) is 16.8 Å². The van der Waals surface area contributed by atoms with E-state index in [1.807, 2.05) is 13.8 Å². The first-order valence-corrected chi connectivity index (χ1v) is 7.56. The smallest absolute Gasteiger partial charge is 0.373 e. The molecule has 3 rings (SSSR count). The molecule has 1 aliphatic rings. The van der Waals surface area contributed by atoms with Crippen LogP contribution in [0.3, 0.4) is 0 Å². The molecule has 1 aromatic carbocycles. The largest absolute Gasteiger partial charge is 0.416 e. The van der Waals surface area contributed by atoms with Crippen molar-refractivity contribution in [3.8, 4) is 5.69 Å². The molecule has 0 amide bonds. The van der Waals surface area contributed by atoms with E-state index in [9.17, 15) is 13.2 Å². The molecule has 0 bridgehead atoms. The number of benzene rings is 1. The molecule has 0 radical (unpaired) electrons. The van der Waals surface area contributed by atoms with E-state index in [1.54, 1.807) is 0 Å². The van der Waals surface area contributed by atoms with E-state index in [2.05, 4.69) is 20.4 Å². The summed E-state index contributed by atoms with van der Waals surface area (Å²) in [5.41, 5.74) is -0.448. The van der Waals surface area contributed by atoms with Gasteiger partial charge in [0.1, 0.15) is 0 Å². The van der Waals surface area contributed by atoms with Crippen LogP contribution in [-0.2, 0) is 17.5 Å². The van der Waals surface area contributed by atoms with Gasteiger partial charge in [-0.25, -0.2) is 0 Å². The van der Waals surface area contributed by atoms with E-state index < -0.39 is 11.7 Å². The van der Waals surface area contributed by atoms with Crippen LogP contribution in [0.5, 0.6) is 0 Å². The standard InChI is InChI=1S/C15H18F3N5O/c1-14(2)10-22(7-8-24-14)9-13-19-20-21-23(13)12-5-3-11(4-6-12)15(16,17)18/h3-6H,7-10H2,1-2H3. The van der Waals surface area contributed by atoms with Crippen molar-refractivity contribution in [1.29, 1.82) is 0 Å². The molecule has 1 aliphatic heterocycles. The molecule has 2 heterocycles. The number of hydrogen-bond donors (Lipinski definition) is 0. The van der Waals surface area contributed by atoms with Crippen molar-refractivity contribution in [1.82, 2.24) is 25.1 Å². The van der Waals surface area contributed by atoms with Crippen molar-refractivity contribution in [2.75, 3.05) is 19.7 Å². The maximum atomic E-state index is 12.7. The van der Waals surface area contributed by atoms with Crippen molar-refractivity contribution in [3.63, 3.8) is 0 Å². The summed E-state index contributed by atoms with van der Waals surface area (Å²) < 4.78 is 45.1. The molecule has 24 heavy (non-hydrogen) atoms. The summed E-state index contributed by atoms with van der Waals surface area (Å²) >= 11 is 0. The molecule has 0 unspecified atom stereocenters. The molecule has 2 aromatic rings. The maximum absolute atomic E-state index is 12.7. The maximum Gasteiger partial charge on any atom is 0.416 e. The number of rotatable bonds is 3. The Morgan fingerprint density at radius 2 is 1.92 bits per heavy atom. The van der Waals surface area contributed by atoms with Crippen molar-refractivity contribution >= 4 is 0 Å². The summed E-state index contributed by atoms with van der Waals surface area (Å²) in [6.07, 6.45) is -4.36. The SMILES string of the molecule is CC1(C)CN(Cc2nnnn2-c2ccc(C(F)(F)F)cc2)CCO1. The first kappa shape index (κ1) is 16.8. The third-order valence-electron chi connectivity index (χ3n) is 3.84. The third kappa shape index (κ3) is 3.73. The Labute approximate surface area is 137 Å². The van der Waals surface area contributed by atoms with Gasteiger partial charge in [-0.2, -0.15) is 17.9 Å². The normalized spacial score (nSPS) is 18.7. The predicted octanol–water partition coefficient (Wildman–Crippen LogP) is 2.29. The number of morpholine rings is 1. The van der Waals surface area contributed by atoms with E-state index in [0.29, 0.717) is 24.7 Å². The van der Waals surface area contributed by atoms with Gasteiger partial charge >= 0.3 is 6.18 Å². The Morgan fingerprint density at radius 3 is 2.54 bits per heavy atom. The molecule has 1 saturated heterocycles. The number of nitrogens with zero attached hydrogens (tertiary/aromatic N) is 5. The van der Waals surface area contributed by atoms with Gasteiger partial charge in [0.05, 0.1) is 30.0 Å². The van der Waals surface area contributed by atoms with Crippen LogP contribution in [0.4, 0.5) is 13.2 Å². The van der Waals surface area contributed by atoms with Crippen molar-refractivity contribution in [3.05, 3.63) is 35.7 Å². The van der Waals surface area contributed by atoms with Crippen molar-refractivity contribution < 1.29 is 17.9 Å². The molecule has 6 nitrogen and oxygen atoms in total. The quantitative estimate of drug-likeness (QED) is 0.857. The summed E-state index contributed by atoms with van der Waals surface area (Å²) in [6.45, 7) is 6.63. The van der Waals surface area contributed by atoms with Crippen LogP contribution < -0.4 is 0 Å². The second kappa shape index (κ2) is 6.14. The Bertz CT molecular complexity index is 696. The molecule has 0 spiro atoms. The minimum absolute atomic E-state index is 0.245. The molecule has 0 saturated carbocycles. The summed E-state index contributed by atoms with van der Waals surface area (Å²) in [5, 5.41) is 11.6. The van der Waals surface area contributed by atoms with Gasteiger partial charge in [0.25, 0.3) is 0 Å². The fraction of sp³-hybridized carbons (Fsp3) is 0.533. The molecular weight excluding hydrogens is 323 g/mol. The van der Waals surface area contributed by atoms with Gasteiger partial charge in [-0.3, -0.25) is 4.90 Å². The number of ether oxygens (including phenoxy) is 1. The van der Waals surface area contributed by atoms with E-state index in [-0.39, 0.29) is 5.60 Å². The molecule has 9 heteroatoms. The predicted molar refractivity (Wildman–Crippen MR) is 79.5 cm³/mol. The molecule has 1 aromatic heterocycles. The van der Waals surface area contributed by atoms with E-state index in [0.717, 1.165) is 25.2 Å². The lowest BCUT2D eigenvalue weighted by Gasteiger charge is -2.37. The van der Waals surface area contributed by atoms with Crippen molar-refractivity contribution in [2.24, 2.45) is 0 Å². The molecule has 1 fully saturated rings. The van der Waals surface area contributed by atoms with Crippen LogP contribution in [0.2, 0.25) is 0 Å². The summed E-state index contributed by atoms with van der Waals surface area (Å²) in [4.78, 5) is 2.16. The molecule has 0 N–H and O–H groups in total. The zero-order chi connectivity index (χ0) is 17.4. The van der Waals surface area contributed by atoms with Crippen LogP contribution in [0.1, 0.15) is 25.2 Å². The van der Waals surface area contributed by atoms with E-state index in [4.69, 9.17) is 4.74 Å². The minimum Gasteiger partial charge on any atom is -0.373 e. The van der Waals surface area contributed by atoms with E-state index >= 15 is 0 Å². The second-order valence-corrected chi connectivity index (χ2v) is 6.37. The fourth-order valence-corrected chi connectivity index (χ4v) is 2.75. The topological polar surface area (TPSA) is 56.1 Å². The van der Waals surface area contributed by atoms with Gasteiger partial charge < -0.3 is 4.74 Å². The Balaban J connectivity index is 1.78. The molecular formula is C15H18F3N5O. The number of hydrogen-bond acceptors (Lipinski definition) is 5. The van der Waals surface area contributed by atoms with Crippen LogP contribution >= 0.6 is 0 Å². The lowest BCUT2D eigenvalue weighted by molar-refractivity contribution is -0.137. The Hall–Kier alpha value is -2.00. The lowest BCUT2D eigenvalue weighted by Crippen LogP contribution is -2.48. The number of tetrazole rings is 1. The number of alkyl halides is 3. The molecule has 130 valence electrons. The number of halogens is 3. The highest BCUT2D eigenvalue weighted by Gasteiger charge is 2.30. The minimum atomic E-state index is -4.36. The fourth-order valence-electron chi connectivity index (χ4n) is 2.75. The summed E-state index contributed by atoms with van der Waals surface area (Å²) in [6, 6.07) is 4.79. The van der Waals surface area contributed by atoms with Crippen molar-refractivity contribution in [2.45, 2.75) is 32.2 Å². The molecule has 0 atom stereocenters. The monoisotopic (exact) mass is 341 g/mol. The zero-order valence-electron chi connectivity index (χ0n) is 13.4. The second-order valence-electron chi connectivity index (χ2n) is 6.37. The van der Waals surface area contributed by atoms with Gasteiger partial charge in [0.15, 0.2) is 5.82 Å².